The van der Waals surface area contributed by atoms with E-state index in [4.69, 9.17) is 5.73 Å². The lowest BCUT2D eigenvalue weighted by Crippen LogP contribution is -2.42. The average molecular weight is 511 g/mol. The summed E-state index contributed by atoms with van der Waals surface area (Å²) in [6.45, 7) is 4.32. The van der Waals surface area contributed by atoms with Crippen molar-refractivity contribution in [3.63, 3.8) is 0 Å². The summed E-state index contributed by atoms with van der Waals surface area (Å²) < 4.78 is 0. The number of hydrogen-bond donors (Lipinski definition) is 3. The summed E-state index contributed by atoms with van der Waals surface area (Å²) in [5.41, 5.74) is 10.1. The molecule has 1 aromatic carbocycles. The highest BCUT2D eigenvalue weighted by Gasteiger charge is 2.23. The zero-order valence-electron chi connectivity index (χ0n) is 22.8. The van der Waals surface area contributed by atoms with Crippen LogP contribution < -0.4 is 21.3 Å². The summed E-state index contributed by atoms with van der Waals surface area (Å²) >= 11 is 0. The van der Waals surface area contributed by atoms with Gasteiger partial charge in [0.1, 0.15) is 17.5 Å². The van der Waals surface area contributed by atoms with Crippen molar-refractivity contribution in [2.75, 3.05) is 25.0 Å². The fourth-order valence-corrected chi connectivity index (χ4v) is 4.71. The van der Waals surface area contributed by atoms with Crippen LogP contribution in [-0.4, -0.2) is 36.1 Å². The maximum Gasteiger partial charge on any atom is 0.132 e. The van der Waals surface area contributed by atoms with Gasteiger partial charge >= 0.3 is 0 Å². The average Bonchev–Trinajstić information content (AvgIpc) is 3.58. The van der Waals surface area contributed by atoms with Crippen molar-refractivity contribution >= 4 is 17.1 Å². The van der Waals surface area contributed by atoms with Crippen molar-refractivity contribution in [3.8, 4) is 0 Å². The van der Waals surface area contributed by atoms with Crippen molar-refractivity contribution in [2.24, 2.45) is 5.73 Å². The molecule has 0 radical (unpaired) electrons. The Morgan fingerprint density at radius 3 is 2.55 bits per heavy atom. The van der Waals surface area contributed by atoms with Gasteiger partial charge in [-0.25, -0.2) is 4.98 Å². The smallest absolute Gasteiger partial charge is 0.132 e. The van der Waals surface area contributed by atoms with E-state index in [9.17, 15) is 0 Å². The number of pyridine rings is 1. The number of hydrogen-bond acceptors (Lipinski definition) is 6. The largest absolute Gasteiger partial charge is 0.391 e. The number of nitrogens with one attached hydrogen (secondary N) is 2. The molecule has 2 aliphatic heterocycles. The van der Waals surface area contributed by atoms with Crippen LogP contribution in [0.1, 0.15) is 51.0 Å². The second kappa shape index (κ2) is 14.1. The van der Waals surface area contributed by atoms with Crippen LogP contribution in [0.15, 0.2) is 103 Å². The van der Waals surface area contributed by atoms with Gasteiger partial charge in [0.2, 0.25) is 0 Å². The Hall–Kier alpha value is -3.93. The van der Waals surface area contributed by atoms with Gasteiger partial charge in [0.05, 0.1) is 6.04 Å². The molecule has 0 spiro atoms. The first-order valence-corrected chi connectivity index (χ1v) is 13.9. The maximum atomic E-state index is 6.55. The SMILES string of the molecule is C1=CNCC1.CCC/C=C(\N)N(C1=CCCCN1)C1C=CC(c2ccc(N(C)c3ccccn3)cc2)=CC1. The number of allylic oxidation sites excluding steroid dienone is 4. The van der Waals surface area contributed by atoms with E-state index >= 15 is 0 Å². The van der Waals surface area contributed by atoms with Crippen molar-refractivity contribution < 1.29 is 0 Å². The van der Waals surface area contributed by atoms with Crippen molar-refractivity contribution in [1.82, 2.24) is 20.5 Å². The molecule has 2 aromatic rings. The Labute approximate surface area is 228 Å². The molecule has 38 heavy (non-hydrogen) atoms. The Morgan fingerprint density at radius 2 is 1.97 bits per heavy atom. The zero-order chi connectivity index (χ0) is 26.6. The van der Waals surface area contributed by atoms with Gasteiger partial charge < -0.3 is 26.2 Å². The second-order valence-corrected chi connectivity index (χ2v) is 9.71. The monoisotopic (exact) mass is 510 g/mol. The lowest BCUT2D eigenvalue weighted by atomic mass is 9.96. The van der Waals surface area contributed by atoms with Crippen LogP contribution in [0.3, 0.4) is 0 Å². The third-order valence-electron chi connectivity index (χ3n) is 6.89. The molecule has 6 nitrogen and oxygen atoms in total. The first kappa shape index (κ1) is 27.1. The Bertz CT molecular complexity index is 1150. The maximum absolute atomic E-state index is 6.55. The van der Waals surface area contributed by atoms with Crippen LogP contribution in [0.25, 0.3) is 5.57 Å². The van der Waals surface area contributed by atoms with Gasteiger partial charge in [-0.1, -0.05) is 55.8 Å². The molecular weight excluding hydrogens is 468 g/mol. The molecule has 3 heterocycles. The topological polar surface area (TPSA) is 69.5 Å². The molecule has 5 rings (SSSR count). The third kappa shape index (κ3) is 7.31. The summed E-state index contributed by atoms with van der Waals surface area (Å²) in [6.07, 6.45) is 23.7. The van der Waals surface area contributed by atoms with Crippen LogP contribution in [0, 0.1) is 0 Å². The fourth-order valence-electron chi connectivity index (χ4n) is 4.71. The van der Waals surface area contributed by atoms with Crippen LogP contribution in [0.5, 0.6) is 0 Å². The molecule has 1 atom stereocenters. The molecule has 0 bridgehead atoms. The van der Waals surface area contributed by atoms with Gasteiger partial charge in [-0.2, -0.15) is 0 Å². The van der Waals surface area contributed by atoms with Crippen molar-refractivity contribution in [3.05, 3.63) is 109 Å². The van der Waals surface area contributed by atoms with Gasteiger partial charge in [-0.3, -0.25) is 0 Å². The predicted octanol–water partition coefficient (Wildman–Crippen LogP) is 6.18. The first-order chi connectivity index (χ1) is 18.7. The number of unbranched alkanes of at least 4 members (excludes halogenated alkanes) is 1. The number of nitrogens with two attached hydrogens (primary N) is 1. The second-order valence-electron chi connectivity index (χ2n) is 9.71. The fraction of sp³-hybridized carbons (Fsp3) is 0.344. The van der Waals surface area contributed by atoms with E-state index in [1.807, 2.05) is 37.6 Å². The molecule has 4 N–H and O–H groups in total. The summed E-state index contributed by atoms with van der Waals surface area (Å²) in [6, 6.07) is 14.8. The van der Waals surface area contributed by atoms with Gasteiger partial charge in [-0.15, -0.1) is 0 Å². The number of rotatable bonds is 8. The highest BCUT2D eigenvalue weighted by atomic mass is 15.3. The minimum atomic E-state index is 0.216. The molecule has 3 aliphatic rings. The Morgan fingerprint density at radius 1 is 1.11 bits per heavy atom. The lowest BCUT2D eigenvalue weighted by Gasteiger charge is -2.36. The quantitative estimate of drug-likeness (QED) is 0.394. The van der Waals surface area contributed by atoms with Crippen LogP contribution in [-0.2, 0) is 0 Å². The number of anilines is 2. The van der Waals surface area contributed by atoms with Gasteiger partial charge in [0.15, 0.2) is 0 Å². The lowest BCUT2D eigenvalue weighted by molar-refractivity contribution is 0.323. The van der Waals surface area contributed by atoms with Gasteiger partial charge in [0.25, 0.3) is 0 Å². The Kier molecular flexibility index (Phi) is 10.1. The number of aromatic nitrogens is 1. The molecule has 0 amide bonds. The zero-order valence-corrected chi connectivity index (χ0v) is 22.8. The van der Waals surface area contributed by atoms with E-state index in [0.717, 1.165) is 61.9 Å². The molecule has 1 unspecified atom stereocenters. The number of nitrogens with zero attached hydrogens (tertiary/aromatic N) is 3. The standard InChI is InChI=1S/C28H35N5.C4H7N/c1-3-4-9-26(29)33(28-11-6-8-21-31-28)25-18-14-23(15-19-25)22-12-16-24(17-13-22)32(2)27-10-5-7-20-30-27;1-2-4-5-3-1/h5,7,9-18,20,25,31H,3-4,6,8,19,21,29H2,1-2H3;1,3,5H,2,4H2/b26-9+;. The molecule has 200 valence electrons. The minimum Gasteiger partial charge on any atom is -0.391 e. The van der Waals surface area contributed by atoms with E-state index in [0.29, 0.717) is 0 Å². The highest BCUT2D eigenvalue weighted by Crippen LogP contribution is 2.29. The summed E-state index contributed by atoms with van der Waals surface area (Å²) in [5, 5.41) is 6.59. The normalized spacial score (nSPS) is 18.4. The summed E-state index contributed by atoms with van der Waals surface area (Å²) in [7, 11) is 2.04. The van der Waals surface area contributed by atoms with E-state index in [1.165, 1.54) is 24.0 Å². The first-order valence-electron chi connectivity index (χ1n) is 13.9. The van der Waals surface area contributed by atoms with Gasteiger partial charge in [-0.05, 0) is 85.9 Å². The third-order valence-corrected chi connectivity index (χ3v) is 6.89. The van der Waals surface area contributed by atoms with E-state index < -0.39 is 0 Å². The van der Waals surface area contributed by atoms with E-state index in [1.54, 1.807) is 0 Å². The highest BCUT2D eigenvalue weighted by molar-refractivity contribution is 5.76. The molecule has 0 saturated heterocycles. The molecule has 1 aromatic heterocycles. The summed E-state index contributed by atoms with van der Waals surface area (Å²) in [4.78, 5) is 8.80. The molecule has 0 saturated carbocycles. The number of benzene rings is 1. The molecular formula is C32H42N6. The molecule has 0 fully saturated rings. The van der Waals surface area contributed by atoms with Crippen LogP contribution >= 0.6 is 0 Å². The van der Waals surface area contributed by atoms with E-state index in [2.05, 4.69) is 93.1 Å². The predicted molar refractivity (Wildman–Crippen MR) is 160 cm³/mol. The van der Waals surface area contributed by atoms with Gasteiger partial charge in [0, 0.05) is 32.0 Å². The summed E-state index contributed by atoms with van der Waals surface area (Å²) in [5.74, 6) is 2.91. The molecule has 1 aliphatic carbocycles. The van der Waals surface area contributed by atoms with Crippen LogP contribution in [0.2, 0.25) is 0 Å². The minimum absolute atomic E-state index is 0.216. The van der Waals surface area contributed by atoms with Crippen LogP contribution in [0.4, 0.5) is 11.5 Å². The van der Waals surface area contributed by atoms with E-state index in [-0.39, 0.29) is 6.04 Å². The van der Waals surface area contributed by atoms with Crippen molar-refractivity contribution in [2.45, 2.75) is 51.5 Å². The van der Waals surface area contributed by atoms with Crippen molar-refractivity contribution in [1.29, 1.82) is 0 Å². The Balaban J connectivity index is 0.000000603. The molecule has 6 heteroatoms.